The van der Waals surface area contributed by atoms with Gasteiger partial charge in [-0.15, -0.1) is 0 Å². The van der Waals surface area contributed by atoms with Gasteiger partial charge in [-0.25, -0.2) is 0 Å². The van der Waals surface area contributed by atoms with E-state index in [1.165, 1.54) is 34.2 Å². The Hall–Kier alpha value is -0.980. The molecule has 2 rings (SSSR count). The van der Waals surface area contributed by atoms with Crippen molar-refractivity contribution in [2.45, 2.75) is 41.0 Å². The van der Waals surface area contributed by atoms with Crippen LogP contribution in [0.15, 0.2) is 0 Å². The maximum Gasteiger partial charge on any atom is 0.125 e. The van der Waals surface area contributed by atoms with E-state index < -0.39 is 0 Å². The minimum absolute atomic E-state index is 0.651. The largest absolute Gasteiger partial charge is 0.493 e. The number of fused-ring (bicyclic) bond motifs is 1. The maximum atomic E-state index is 5.88. The van der Waals surface area contributed by atoms with Crippen molar-refractivity contribution in [3.63, 3.8) is 0 Å². The van der Waals surface area contributed by atoms with E-state index in [0.717, 1.165) is 12.4 Å². The van der Waals surface area contributed by atoms with E-state index in [4.69, 9.17) is 4.74 Å². The second kappa shape index (κ2) is 3.55. The first-order valence-corrected chi connectivity index (χ1v) is 5.74. The number of hydrogen-bond donors (Lipinski definition) is 0. The first kappa shape index (κ1) is 10.5. The average Bonchev–Trinajstić information content (AvgIpc) is 2.23. The van der Waals surface area contributed by atoms with Gasteiger partial charge in [0.1, 0.15) is 5.75 Å². The van der Waals surface area contributed by atoms with Gasteiger partial charge in [0.25, 0.3) is 0 Å². The Bertz CT molecular complexity index is 405. The molecule has 1 aromatic carbocycles. The molecule has 0 radical (unpaired) electrons. The fraction of sp³-hybridized carbons (Fsp3) is 0.571. The van der Waals surface area contributed by atoms with Crippen molar-refractivity contribution in [2.75, 3.05) is 6.61 Å². The Balaban J connectivity index is 2.65. The molecule has 1 heterocycles. The zero-order valence-corrected chi connectivity index (χ0v) is 10.4. The highest BCUT2D eigenvalue weighted by Gasteiger charge is 2.22. The topological polar surface area (TPSA) is 9.23 Å². The van der Waals surface area contributed by atoms with Crippen LogP contribution in [0.1, 0.15) is 34.7 Å². The van der Waals surface area contributed by atoms with E-state index >= 15 is 0 Å². The van der Waals surface area contributed by atoms with E-state index in [1.807, 2.05) is 0 Å². The molecule has 0 saturated heterocycles. The molecule has 0 fully saturated rings. The van der Waals surface area contributed by atoms with Crippen LogP contribution in [0.25, 0.3) is 0 Å². The fourth-order valence-electron chi connectivity index (χ4n) is 2.43. The minimum Gasteiger partial charge on any atom is -0.493 e. The van der Waals surface area contributed by atoms with Crippen LogP contribution >= 0.6 is 0 Å². The van der Waals surface area contributed by atoms with Gasteiger partial charge in [-0.3, -0.25) is 0 Å². The molecule has 0 N–H and O–H groups in total. The van der Waals surface area contributed by atoms with Gasteiger partial charge in [-0.2, -0.15) is 0 Å². The molecule has 0 spiro atoms. The van der Waals surface area contributed by atoms with E-state index in [1.54, 1.807) is 0 Å². The van der Waals surface area contributed by atoms with Crippen molar-refractivity contribution in [3.8, 4) is 5.75 Å². The predicted molar refractivity (Wildman–Crippen MR) is 63.8 cm³/mol. The zero-order valence-electron chi connectivity index (χ0n) is 10.4. The molecule has 0 saturated carbocycles. The summed E-state index contributed by atoms with van der Waals surface area (Å²) in [7, 11) is 0. The van der Waals surface area contributed by atoms with Crippen molar-refractivity contribution in [1.29, 1.82) is 0 Å². The molecule has 1 aliphatic rings. The molecule has 0 aliphatic carbocycles. The summed E-state index contributed by atoms with van der Waals surface area (Å²) in [5.74, 6) is 1.81. The van der Waals surface area contributed by atoms with E-state index in [2.05, 4.69) is 34.6 Å². The minimum atomic E-state index is 0.651. The molecular weight excluding hydrogens is 184 g/mol. The molecule has 82 valence electrons. The van der Waals surface area contributed by atoms with Gasteiger partial charge in [0.2, 0.25) is 0 Å². The number of hydrogen-bond acceptors (Lipinski definition) is 1. The van der Waals surface area contributed by atoms with Crippen molar-refractivity contribution in [1.82, 2.24) is 0 Å². The lowest BCUT2D eigenvalue weighted by Gasteiger charge is -2.28. The van der Waals surface area contributed by atoms with Crippen LogP contribution in [0.4, 0.5) is 0 Å². The lowest BCUT2D eigenvalue weighted by Crippen LogP contribution is -2.20. The van der Waals surface area contributed by atoms with Crippen molar-refractivity contribution in [2.24, 2.45) is 5.92 Å². The maximum absolute atomic E-state index is 5.88. The van der Waals surface area contributed by atoms with Crippen LogP contribution in [-0.2, 0) is 6.42 Å². The van der Waals surface area contributed by atoms with E-state index in [9.17, 15) is 0 Å². The summed E-state index contributed by atoms with van der Waals surface area (Å²) in [6.45, 7) is 11.9. The number of ether oxygens (including phenoxy) is 1. The van der Waals surface area contributed by atoms with Crippen molar-refractivity contribution < 1.29 is 4.74 Å². The van der Waals surface area contributed by atoms with Crippen molar-refractivity contribution in [3.05, 3.63) is 27.8 Å². The summed E-state index contributed by atoms with van der Waals surface area (Å²) in [6, 6.07) is 0. The van der Waals surface area contributed by atoms with Gasteiger partial charge in [-0.05, 0) is 67.9 Å². The second-order valence-electron chi connectivity index (χ2n) is 4.93. The first-order chi connectivity index (χ1) is 7.02. The van der Waals surface area contributed by atoms with Crippen LogP contribution in [0.3, 0.4) is 0 Å². The smallest absolute Gasteiger partial charge is 0.125 e. The zero-order chi connectivity index (χ0) is 11.2. The highest BCUT2D eigenvalue weighted by molar-refractivity contribution is 5.54. The van der Waals surface area contributed by atoms with Crippen LogP contribution in [0.5, 0.6) is 5.75 Å². The van der Waals surface area contributed by atoms with Crippen LogP contribution in [0, 0.1) is 33.6 Å². The van der Waals surface area contributed by atoms with Gasteiger partial charge >= 0.3 is 0 Å². The molecule has 1 heteroatoms. The van der Waals surface area contributed by atoms with Gasteiger partial charge in [0.05, 0.1) is 6.61 Å². The third kappa shape index (κ3) is 1.54. The van der Waals surface area contributed by atoms with E-state index in [0.29, 0.717) is 5.92 Å². The number of benzene rings is 1. The number of rotatable bonds is 0. The third-order valence-corrected chi connectivity index (χ3v) is 3.82. The lowest BCUT2D eigenvalue weighted by atomic mass is 9.87. The van der Waals surface area contributed by atoms with Gasteiger partial charge < -0.3 is 4.74 Å². The Kier molecular flexibility index (Phi) is 2.49. The molecule has 1 unspecified atom stereocenters. The van der Waals surface area contributed by atoms with Gasteiger partial charge in [-0.1, -0.05) is 6.92 Å². The Morgan fingerprint density at radius 2 is 1.53 bits per heavy atom. The second-order valence-corrected chi connectivity index (χ2v) is 4.93. The van der Waals surface area contributed by atoms with Crippen LogP contribution < -0.4 is 4.74 Å². The van der Waals surface area contributed by atoms with Crippen molar-refractivity contribution >= 4 is 0 Å². The normalized spacial score (nSPS) is 19.7. The highest BCUT2D eigenvalue weighted by Crippen LogP contribution is 2.37. The van der Waals surface area contributed by atoms with E-state index in [-0.39, 0.29) is 0 Å². The molecule has 0 aromatic heterocycles. The molecule has 15 heavy (non-hydrogen) atoms. The molecule has 1 nitrogen and oxygen atoms in total. The quantitative estimate of drug-likeness (QED) is 0.628. The van der Waals surface area contributed by atoms with Gasteiger partial charge in [0, 0.05) is 0 Å². The standard InChI is InChI=1S/C14H20O/c1-8-6-13-11(4)9(2)10(3)12(5)14(13)15-7-8/h8H,6-7H2,1-5H3. The predicted octanol–water partition coefficient (Wildman–Crippen LogP) is 3.49. The summed E-state index contributed by atoms with van der Waals surface area (Å²) in [5, 5.41) is 0. The molecule has 0 amide bonds. The Morgan fingerprint density at radius 3 is 2.20 bits per heavy atom. The summed E-state index contributed by atoms with van der Waals surface area (Å²) < 4.78 is 5.88. The fourth-order valence-corrected chi connectivity index (χ4v) is 2.43. The summed E-state index contributed by atoms with van der Waals surface area (Å²) >= 11 is 0. The SMILES string of the molecule is Cc1c(C)c(C)c2c(c1C)CC(C)CO2. The summed E-state index contributed by atoms with van der Waals surface area (Å²) in [5.41, 5.74) is 7.03. The summed E-state index contributed by atoms with van der Waals surface area (Å²) in [6.07, 6.45) is 1.17. The van der Waals surface area contributed by atoms with Crippen LogP contribution in [0.2, 0.25) is 0 Å². The Morgan fingerprint density at radius 1 is 0.933 bits per heavy atom. The molecule has 1 aromatic rings. The Labute approximate surface area is 92.5 Å². The summed E-state index contributed by atoms with van der Waals surface area (Å²) in [4.78, 5) is 0. The van der Waals surface area contributed by atoms with Gasteiger partial charge in [0.15, 0.2) is 0 Å². The molecule has 1 aliphatic heterocycles. The monoisotopic (exact) mass is 204 g/mol. The lowest BCUT2D eigenvalue weighted by molar-refractivity contribution is 0.231. The highest BCUT2D eigenvalue weighted by atomic mass is 16.5. The molecule has 1 atom stereocenters. The third-order valence-electron chi connectivity index (χ3n) is 3.82. The first-order valence-electron chi connectivity index (χ1n) is 5.74. The molecule has 0 bridgehead atoms. The molecular formula is C14H20O. The van der Waals surface area contributed by atoms with Crippen LogP contribution in [-0.4, -0.2) is 6.61 Å². The average molecular weight is 204 g/mol.